The smallest absolute Gasteiger partial charge is 0.213 e. The molecule has 4 saturated heterocycles. The minimum atomic E-state index is 0.173. The SMILES string of the molecule is C1CCC2NC3N=C4N(C5=NC6CC7CCCCC7NC6N5C5=NC6NC7CCCCC7CC6N45)C3CC2C1. The molecule has 3 saturated carbocycles. The first kappa shape index (κ1) is 22.9. The number of hydrogen-bond donors (Lipinski definition) is 3. The van der Waals surface area contributed by atoms with E-state index in [1.54, 1.807) is 0 Å². The third-order valence-corrected chi connectivity index (χ3v) is 12.6. The average molecular weight is 532 g/mol. The van der Waals surface area contributed by atoms with Gasteiger partial charge >= 0.3 is 0 Å². The molecule has 10 rings (SSSR count). The van der Waals surface area contributed by atoms with Gasteiger partial charge in [0.15, 0.2) is 0 Å². The highest BCUT2D eigenvalue weighted by Crippen LogP contribution is 2.46. The van der Waals surface area contributed by atoms with Gasteiger partial charge in [0.2, 0.25) is 17.9 Å². The standard InChI is InChI=1S/C30H45N9/c1-6-12-21-16(7-1)13-22-27(33-21)39-28(34-22)37-23-14-17-8-2-4-10-19(17)31-25(23)35-29(37)38-24-15-18-9-3-5-11-20(18)32-26(24)36-30(38)39/h16-27,31-33H,1-15H2. The van der Waals surface area contributed by atoms with Crippen LogP contribution in [-0.4, -0.2) is 87.3 Å². The van der Waals surface area contributed by atoms with Crippen LogP contribution in [0.25, 0.3) is 0 Å². The second-order valence-corrected chi connectivity index (χ2v) is 14.6. The van der Waals surface area contributed by atoms with Gasteiger partial charge in [-0.3, -0.25) is 30.7 Å². The fourth-order valence-corrected chi connectivity index (χ4v) is 10.8. The number of aliphatic imine (C=N–C) groups is 3. The molecule has 3 aliphatic carbocycles. The van der Waals surface area contributed by atoms with Gasteiger partial charge in [-0.05, 0) is 75.5 Å². The van der Waals surface area contributed by atoms with Crippen molar-refractivity contribution >= 4 is 17.9 Å². The maximum absolute atomic E-state index is 5.58. The molecule has 0 amide bonds. The van der Waals surface area contributed by atoms with Crippen molar-refractivity contribution in [3.63, 3.8) is 0 Å². The average Bonchev–Trinajstić information content (AvgIpc) is 3.63. The lowest BCUT2D eigenvalue weighted by atomic mass is 9.77. The fourth-order valence-electron chi connectivity index (χ4n) is 10.8. The molecular weight excluding hydrogens is 486 g/mol. The lowest BCUT2D eigenvalue weighted by molar-refractivity contribution is 0.107. The minimum absolute atomic E-state index is 0.173. The molecule has 7 aliphatic heterocycles. The van der Waals surface area contributed by atoms with Crippen LogP contribution in [0.1, 0.15) is 96.3 Å². The topological polar surface area (TPSA) is 82.9 Å². The van der Waals surface area contributed by atoms with Crippen molar-refractivity contribution in [3.8, 4) is 0 Å². The van der Waals surface area contributed by atoms with E-state index >= 15 is 0 Å². The predicted molar refractivity (Wildman–Crippen MR) is 151 cm³/mol. The first-order valence-electron chi connectivity index (χ1n) is 16.7. The Kier molecular flexibility index (Phi) is 4.94. The summed E-state index contributed by atoms with van der Waals surface area (Å²) in [5.74, 6) is 5.77. The van der Waals surface area contributed by atoms with Gasteiger partial charge < -0.3 is 0 Å². The third-order valence-electron chi connectivity index (χ3n) is 12.6. The van der Waals surface area contributed by atoms with Crippen LogP contribution in [0.4, 0.5) is 0 Å². The molecular formula is C30H45N9. The van der Waals surface area contributed by atoms with E-state index in [0.717, 1.165) is 35.6 Å². The zero-order valence-electron chi connectivity index (χ0n) is 23.2. The van der Waals surface area contributed by atoms with Gasteiger partial charge in [-0.15, -0.1) is 0 Å². The Balaban J connectivity index is 1.06. The van der Waals surface area contributed by atoms with Gasteiger partial charge in [0.25, 0.3) is 0 Å². The molecule has 0 spiro atoms. The molecule has 9 heteroatoms. The summed E-state index contributed by atoms with van der Waals surface area (Å²) in [4.78, 5) is 24.4. The van der Waals surface area contributed by atoms with Crippen LogP contribution in [0, 0.1) is 17.8 Å². The zero-order valence-corrected chi connectivity index (χ0v) is 23.2. The van der Waals surface area contributed by atoms with E-state index in [-0.39, 0.29) is 18.5 Å². The summed E-state index contributed by atoms with van der Waals surface area (Å²) in [5, 5.41) is 12.3. The van der Waals surface area contributed by atoms with Gasteiger partial charge in [0, 0.05) is 18.1 Å². The molecule has 12 atom stereocenters. The molecule has 0 bridgehead atoms. The lowest BCUT2D eigenvalue weighted by Gasteiger charge is -2.51. The van der Waals surface area contributed by atoms with E-state index in [0.29, 0.717) is 36.3 Å². The summed E-state index contributed by atoms with van der Waals surface area (Å²) in [5.41, 5.74) is 0. The summed E-state index contributed by atoms with van der Waals surface area (Å²) < 4.78 is 0. The van der Waals surface area contributed by atoms with Crippen molar-refractivity contribution in [2.75, 3.05) is 0 Å². The van der Waals surface area contributed by atoms with Crippen molar-refractivity contribution in [1.82, 2.24) is 30.7 Å². The lowest BCUT2D eigenvalue weighted by Crippen LogP contribution is -2.72. The highest BCUT2D eigenvalue weighted by molar-refractivity contribution is 6.19. The van der Waals surface area contributed by atoms with Gasteiger partial charge in [-0.2, -0.15) is 0 Å². The van der Waals surface area contributed by atoms with E-state index < -0.39 is 0 Å². The maximum atomic E-state index is 5.58. The van der Waals surface area contributed by atoms with E-state index in [1.807, 2.05) is 0 Å². The summed E-state index contributed by atoms with van der Waals surface area (Å²) in [6, 6.07) is 2.97. The van der Waals surface area contributed by atoms with Gasteiger partial charge in [-0.25, -0.2) is 15.0 Å². The van der Waals surface area contributed by atoms with Crippen LogP contribution < -0.4 is 16.0 Å². The molecule has 0 radical (unpaired) electrons. The molecule has 12 unspecified atom stereocenters. The molecule has 7 heterocycles. The van der Waals surface area contributed by atoms with Crippen LogP contribution in [0.5, 0.6) is 0 Å². The normalized spacial score (nSPS) is 51.1. The Bertz CT molecular complexity index is 978. The molecule has 7 fully saturated rings. The Labute approximate surface area is 232 Å². The Morgan fingerprint density at radius 2 is 0.949 bits per heavy atom. The van der Waals surface area contributed by atoms with Crippen molar-refractivity contribution in [3.05, 3.63) is 0 Å². The van der Waals surface area contributed by atoms with Gasteiger partial charge in [-0.1, -0.05) is 38.5 Å². The molecule has 0 aromatic carbocycles. The molecule has 0 aromatic rings. The molecule has 10 aliphatic rings. The molecule has 39 heavy (non-hydrogen) atoms. The first-order valence-corrected chi connectivity index (χ1v) is 16.7. The Morgan fingerprint density at radius 1 is 0.487 bits per heavy atom. The quantitative estimate of drug-likeness (QED) is 0.446. The number of hydrogen-bond acceptors (Lipinski definition) is 9. The van der Waals surface area contributed by atoms with E-state index in [4.69, 9.17) is 15.0 Å². The van der Waals surface area contributed by atoms with E-state index in [1.165, 1.54) is 96.3 Å². The Morgan fingerprint density at radius 3 is 1.54 bits per heavy atom. The third kappa shape index (κ3) is 3.21. The fraction of sp³-hybridized carbons (Fsp3) is 0.900. The van der Waals surface area contributed by atoms with Crippen LogP contribution >= 0.6 is 0 Å². The van der Waals surface area contributed by atoms with Crippen molar-refractivity contribution < 1.29 is 0 Å². The maximum Gasteiger partial charge on any atom is 0.213 e. The van der Waals surface area contributed by atoms with Crippen LogP contribution in [-0.2, 0) is 0 Å². The summed E-state index contributed by atoms with van der Waals surface area (Å²) in [7, 11) is 0. The highest BCUT2D eigenvalue weighted by Gasteiger charge is 2.61. The number of nitrogens with one attached hydrogen (secondary N) is 3. The summed E-state index contributed by atoms with van der Waals surface area (Å²) in [6.45, 7) is 0. The molecule has 3 N–H and O–H groups in total. The number of piperidine rings is 3. The second kappa shape index (κ2) is 8.41. The second-order valence-electron chi connectivity index (χ2n) is 14.6. The van der Waals surface area contributed by atoms with Crippen molar-refractivity contribution in [2.45, 2.75) is 151 Å². The largest absolute Gasteiger partial charge is 0.292 e. The number of guanidine groups is 3. The molecule has 0 aromatic heterocycles. The summed E-state index contributed by atoms with van der Waals surface area (Å²) >= 11 is 0. The van der Waals surface area contributed by atoms with Crippen LogP contribution in [0.2, 0.25) is 0 Å². The monoisotopic (exact) mass is 531 g/mol. The van der Waals surface area contributed by atoms with Gasteiger partial charge in [0.05, 0.1) is 18.1 Å². The summed E-state index contributed by atoms with van der Waals surface area (Å²) in [6.07, 6.45) is 20.6. The minimum Gasteiger partial charge on any atom is -0.292 e. The van der Waals surface area contributed by atoms with Crippen molar-refractivity contribution in [2.24, 2.45) is 32.7 Å². The molecule has 9 nitrogen and oxygen atoms in total. The highest BCUT2D eigenvalue weighted by atomic mass is 15.7. The number of nitrogens with zero attached hydrogens (tertiary/aromatic N) is 6. The van der Waals surface area contributed by atoms with E-state index in [9.17, 15) is 0 Å². The number of fused-ring (bicyclic) bond motifs is 15. The van der Waals surface area contributed by atoms with Crippen molar-refractivity contribution in [1.29, 1.82) is 0 Å². The Hall–Kier alpha value is -1.71. The molecule has 210 valence electrons. The van der Waals surface area contributed by atoms with E-state index in [2.05, 4.69) is 30.7 Å². The van der Waals surface area contributed by atoms with Crippen LogP contribution in [0.15, 0.2) is 15.0 Å². The first-order chi connectivity index (χ1) is 19.3. The zero-order chi connectivity index (χ0) is 25.2. The van der Waals surface area contributed by atoms with Crippen LogP contribution in [0.3, 0.4) is 0 Å². The predicted octanol–water partition coefficient (Wildman–Crippen LogP) is 2.76. The van der Waals surface area contributed by atoms with Gasteiger partial charge in [0.1, 0.15) is 18.5 Å². The number of rotatable bonds is 0.